The number of benzene rings is 1. The van der Waals surface area contributed by atoms with E-state index in [0.29, 0.717) is 5.69 Å². The molecule has 0 aliphatic heterocycles. The van der Waals surface area contributed by atoms with Gasteiger partial charge in [-0.25, -0.2) is 9.37 Å². The number of nitrogens with one attached hydrogen (secondary N) is 2. The van der Waals surface area contributed by atoms with Crippen molar-refractivity contribution in [3.8, 4) is 0 Å². The first-order valence-corrected chi connectivity index (χ1v) is 6.87. The van der Waals surface area contributed by atoms with Crippen LogP contribution in [0.4, 0.5) is 10.1 Å². The van der Waals surface area contributed by atoms with E-state index in [1.807, 2.05) is 17.0 Å². The standard InChI is InChI=1S/C13H16FN3S/c14-12-4-1-2-5-13(12)16-7-3-6-15-8-11-9-18-10-17-11/h1-2,4-5,9-10,15-16H,3,6-8H2. The van der Waals surface area contributed by atoms with Gasteiger partial charge < -0.3 is 10.6 Å². The number of hydrogen-bond acceptors (Lipinski definition) is 4. The van der Waals surface area contributed by atoms with Crippen LogP contribution in [0.2, 0.25) is 0 Å². The minimum Gasteiger partial charge on any atom is -0.383 e. The summed E-state index contributed by atoms with van der Waals surface area (Å²) in [5.74, 6) is -0.201. The number of para-hydroxylation sites is 1. The molecule has 2 aromatic rings. The highest BCUT2D eigenvalue weighted by Gasteiger charge is 1.98. The number of halogens is 1. The first-order chi connectivity index (χ1) is 8.86. The lowest BCUT2D eigenvalue weighted by Crippen LogP contribution is -2.18. The third-order valence-corrected chi connectivity index (χ3v) is 3.14. The van der Waals surface area contributed by atoms with Crippen molar-refractivity contribution in [2.75, 3.05) is 18.4 Å². The molecule has 0 saturated carbocycles. The average Bonchev–Trinajstić information content (AvgIpc) is 2.89. The SMILES string of the molecule is Fc1ccccc1NCCCNCc1cscn1. The average molecular weight is 265 g/mol. The Labute approximate surface area is 110 Å². The van der Waals surface area contributed by atoms with Crippen LogP contribution in [0.25, 0.3) is 0 Å². The van der Waals surface area contributed by atoms with Crippen LogP contribution in [0.15, 0.2) is 35.2 Å². The molecular weight excluding hydrogens is 249 g/mol. The van der Waals surface area contributed by atoms with Crippen LogP contribution in [0.5, 0.6) is 0 Å². The molecule has 0 radical (unpaired) electrons. The molecule has 0 spiro atoms. The minimum absolute atomic E-state index is 0.201. The first kappa shape index (κ1) is 13.0. The number of thiazole rings is 1. The lowest BCUT2D eigenvalue weighted by molar-refractivity contribution is 0.626. The van der Waals surface area contributed by atoms with Crippen molar-refractivity contribution in [2.45, 2.75) is 13.0 Å². The monoisotopic (exact) mass is 265 g/mol. The van der Waals surface area contributed by atoms with Gasteiger partial charge >= 0.3 is 0 Å². The predicted octanol–water partition coefficient (Wildman–Crippen LogP) is 2.87. The van der Waals surface area contributed by atoms with E-state index in [9.17, 15) is 4.39 Å². The summed E-state index contributed by atoms with van der Waals surface area (Å²) in [5, 5.41) is 8.41. The van der Waals surface area contributed by atoms with E-state index in [1.54, 1.807) is 23.5 Å². The summed E-state index contributed by atoms with van der Waals surface area (Å²) in [7, 11) is 0. The Morgan fingerprint density at radius 3 is 2.89 bits per heavy atom. The van der Waals surface area contributed by atoms with Gasteiger partial charge in [0.15, 0.2) is 0 Å². The summed E-state index contributed by atoms with van der Waals surface area (Å²) in [6.45, 7) is 2.44. The Bertz CT molecular complexity index is 459. The molecule has 3 nitrogen and oxygen atoms in total. The van der Waals surface area contributed by atoms with Crippen molar-refractivity contribution < 1.29 is 4.39 Å². The summed E-state index contributed by atoms with van der Waals surface area (Å²) in [6.07, 6.45) is 0.943. The van der Waals surface area contributed by atoms with Crippen LogP contribution in [0.1, 0.15) is 12.1 Å². The third-order valence-electron chi connectivity index (χ3n) is 2.51. The lowest BCUT2D eigenvalue weighted by Gasteiger charge is -2.07. The third kappa shape index (κ3) is 4.09. The van der Waals surface area contributed by atoms with Gasteiger partial charge in [0.05, 0.1) is 16.9 Å². The number of anilines is 1. The Morgan fingerprint density at radius 1 is 1.22 bits per heavy atom. The molecule has 96 valence electrons. The van der Waals surface area contributed by atoms with Crippen molar-refractivity contribution in [3.05, 3.63) is 46.7 Å². The topological polar surface area (TPSA) is 37.0 Å². The summed E-state index contributed by atoms with van der Waals surface area (Å²) < 4.78 is 13.3. The second-order valence-electron chi connectivity index (χ2n) is 3.92. The second-order valence-corrected chi connectivity index (χ2v) is 4.64. The zero-order valence-electron chi connectivity index (χ0n) is 10.0. The summed E-state index contributed by atoms with van der Waals surface area (Å²) in [5.41, 5.74) is 3.47. The summed E-state index contributed by atoms with van der Waals surface area (Å²) in [6, 6.07) is 6.72. The molecule has 1 aromatic carbocycles. The van der Waals surface area contributed by atoms with Gasteiger partial charge in [-0.05, 0) is 25.1 Å². The highest BCUT2D eigenvalue weighted by atomic mass is 32.1. The van der Waals surface area contributed by atoms with E-state index in [0.717, 1.165) is 31.7 Å². The molecule has 0 fully saturated rings. The maximum atomic E-state index is 13.3. The fourth-order valence-electron chi connectivity index (χ4n) is 1.58. The largest absolute Gasteiger partial charge is 0.383 e. The molecule has 0 amide bonds. The molecule has 0 unspecified atom stereocenters. The maximum Gasteiger partial charge on any atom is 0.146 e. The summed E-state index contributed by atoms with van der Waals surface area (Å²) in [4.78, 5) is 4.18. The molecule has 2 N–H and O–H groups in total. The van der Waals surface area contributed by atoms with Crippen LogP contribution in [0, 0.1) is 5.82 Å². The van der Waals surface area contributed by atoms with Crippen molar-refractivity contribution >= 4 is 17.0 Å². The molecule has 1 heterocycles. The van der Waals surface area contributed by atoms with E-state index in [-0.39, 0.29) is 5.82 Å². The first-order valence-electron chi connectivity index (χ1n) is 5.92. The van der Waals surface area contributed by atoms with Gasteiger partial charge in [0.25, 0.3) is 0 Å². The van der Waals surface area contributed by atoms with Gasteiger partial charge in [-0.3, -0.25) is 0 Å². The molecular formula is C13H16FN3S. The van der Waals surface area contributed by atoms with Crippen LogP contribution in [-0.4, -0.2) is 18.1 Å². The van der Waals surface area contributed by atoms with Gasteiger partial charge in [0, 0.05) is 18.5 Å². The van der Waals surface area contributed by atoms with E-state index < -0.39 is 0 Å². The Hall–Kier alpha value is -1.46. The van der Waals surface area contributed by atoms with Crippen LogP contribution < -0.4 is 10.6 Å². The highest BCUT2D eigenvalue weighted by molar-refractivity contribution is 7.07. The van der Waals surface area contributed by atoms with Gasteiger partial charge in [-0.2, -0.15) is 0 Å². The van der Waals surface area contributed by atoms with Crippen LogP contribution in [-0.2, 0) is 6.54 Å². The van der Waals surface area contributed by atoms with Gasteiger partial charge in [-0.15, -0.1) is 11.3 Å². The molecule has 5 heteroatoms. The molecule has 1 aromatic heterocycles. The van der Waals surface area contributed by atoms with E-state index in [4.69, 9.17) is 0 Å². The predicted molar refractivity (Wildman–Crippen MR) is 73.3 cm³/mol. The molecule has 0 aliphatic rings. The van der Waals surface area contributed by atoms with Crippen molar-refractivity contribution in [1.82, 2.24) is 10.3 Å². The van der Waals surface area contributed by atoms with Gasteiger partial charge in [-0.1, -0.05) is 12.1 Å². The smallest absolute Gasteiger partial charge is 0.146 e. The number of hydrogen-bond donors (Lipinski definition) is 2. The summed E-state index contributed by atoms with van der Waals surface area (Å²) >= 11 is 1.60. The van der Waals surface area contributed by atoms with Crippen molar-refractivity contribution in [3.63, 3.8) is 0 Å². The normalized spacial score (nSPS) is 10.5. The molecule has 18 heavy (non-hydrogen) atoms. The highest BCUT2D eigenvalue weighted by Crippen LogP contribution is 2.11. The number of aromatic nitrogens is 1. The van der Waals surface area contributed by atoms with E-state index >= 15 is 0 Å². The Balaban J connectivity index is 1.58. The minimum atomic E-state index is -0.201. The fourth-order valence-corrected chi connectivity index (χ4v) is 2.14. The molecule has 2 rings (SSSR count). The Kier molecular flexibility index (Phi) is 5.11. The molecule has 0 bridgehead atoms. The number of rotatable bonds is 7. The molecule has 0 aliphatic carbocycles. The van der Waals surface area contributed by atoms with Crippen LogP contribution >= 0.6 is 11.3 Å². The van der Waals surface area contributed by atoms with Gasteiger partial charge in [0.2, 0.25) is 0 Å². The molecule has 0 saturated heterocycles. The quantitative estimate of drug-likeness (QED) is 0.756. The van der Waals surface area contributed by atoms with Crippen LogP contribution in [0.3, 0.4) is 0 Å². The Morgan fingerprint density at radius 2 is 2.11 bits per heavy atom. The fraction of sp³-hybridized carbons (Fsp3) is 0.308. The zero-order chi connectivity index (χ0) is 12.6. The van der Waals surface area contributed by atoms with Crippen molar-refractivity contribution in [1.29, 1.82) is 0 Å². The zero-order valence-corrected chi connectivity index (χ0v) is 10.8. The second kappa shape index (κ2) is 7.08. The molecule has 0 atom stereocenters. The van der Waals surface area contributed by atoms with Crippen molar-refractivity contribution in [2.24, 2.45) is 0 Å². The maximum absolute atomic E-state index is 13.3. The van der Waals surface area contributed by atoms with E-state index in [1.165, 1.54) is 6.07 Å². The van der Waals surface area contributed by atoms with E-state index in [2.05, 4.69) is 15.6 Å². The lowest BCUT2D eigenvalue weighted by atomic mass is 10.3. The number of nitrogens with zero attached hydrogens (tertiary/aromatic N) is 1. The van der Waals surface area contributed by atoms with Gasteiger partial charge in [0.1, 0.15) is 5.82 Å².